The fraction of sp³-hybridized carbons (Fsp3) is 0.190. The lowest BCUT2D eigenvalue weighted by Gasteiger charge is -2.16. The van der Waals surface area contributed by atoms with Gasteiger partial charge in [0.15, 0.2) is 6.71 Å². The molecular formula is C21H19BN2O2. The summed E-state index contributed by atoms with van der Waals surface area (Å²) in [5.41, 5.74) is 4.90. The van der Waals surface area contributed by atoms with E-state index in [1.807, 2.05) is 12.1 Å². The summed E-state index contributed by atoms with van der Waals surface area (Å²) < 4.78 is 0. The number of benzene rings is 2. The molecule has 5 rings (SSSR count). The highest BCUT2D eigenvalue weighted by Gasteiger charge is 2.34. The first kappa shape index (κ1) is 15.3. The second kappa shape index (κ2) is 5.80. The van der Waals surface area contributed by atoms with Gasteiger partial charge >= 0.3 is 0 Å². The predicted octanol–water partition coefficient (Wildman–Crippen LogP) is 3.85. The molecule has 2 aromatic carbocycles. The van der Waals surface area contributed by atoms with E-state index in [4.69, 9.17) is 0 Å². The predicted molar refractivity (Wildman–Crippen MR) is 104 cm³/mol. The van der Waals surface area contributed by atoms with Crippen LogP contribution < -0.4 is 5.32 Å². The third-order valence-corrected chi connectivity index (χ3v) is 5.58. The lowest BCUT2D eigenvalue weighted by molar-refractivity contribution is 0.0960. The van der Waals surface area contributed by atoms with Crippen molar-refractivity contribution in [1.29, 1.82) is 0 Å². The molecule has 3 N–H and O–H groups in total. The van der Waals surface area contributed by atoms with E-state index in [1.165, 1.54) is 5.69 Å². The van der Waals surface area contributed by atoms with E-state index in [9.17, 15) is 9.90 Å². The smallest absolute Gasteiger partial charge is 0.252 e. The number of H-pyrrole nitrogens is 1. The minimum Gasteiger partial charge on any atom is -0.508 e. The molecule has 0 radical (unpaired) electrons. The Morgan fingerprint density at radius 1 is 1.12 bits per heavy atom. The Hall–Kier alpha value is -2.95. The average Bonchev–Trinajstić information content (AvgIpc) is 3.33. The molecule has 128 valence electrons. The van der Waals surface area contributed by atoms with Crippen LogP contribution in [0.2, 0.25) is 12.6 Å². The Morgan fingerprint density at radius 3 is 2.77 bits per heavy atom. The van der Waals surface area contributed by atoms with Crippen LogP contribution in [-0.4, -0.2) is 22.7 Å². The van der Waals surface area contributed by atoms with Crippen molar-refractivity contribution < 1.29 is 9.90 Å². The molecule has 0 bridgehead atoms. The topological polar surface area (TPSA) is 65.1 Å². The Balaban J connectivity index is 1.66. The van der Waals surface area contributed by atoms with Gasteiger partial charge in [-0.2, -0.15) is 0 Å². The molecule has 3 heterocycles. The number of aromatic amines is 1. The average molecular weight is 342 g/mol. The second-order valence-corrected chi connectivity index (χ2v) is 7.25. The van der Waals surface area contributed by atoms with Crippen LogP contribution in [0.1, 0.15) is 33.2 Å². The van der Waals surface area contributed by atoms with E-state index in [0.717, 1.165) is 41.0 Å². The van der Waals surface area contributed by atoms with Gasteiger partial charge in [0.1, 0.15) is 5.75 Å². The molecule has 2 aliphatic heterocycles. The monoisotopic (exact) mass is 342 g/mol. The standard InChI is InChI=1S/C21H19BN2O2/c25-13-7-8-14-16(11-13)20(24-21(14)26)19-15-5-1-2-6-17(15)23-18(19)12-22-9-3-4-10-22/h1-8,11,20,23,25H,9-10,12H2,(H,24,26). The number of phenolic OH excluding ortho intramolecular Hbond substituents is 1. The summed E-state index contributed by atoms with van der Waals surface area (Å²) in [4.78, 5) is 16.0. The van der Waals surface area contributed by atoms with E-state index >= 15 is 0 Å². The van der Waals surface area contributed by atoms with Gasteiger partial charge < -0.3 is 15.4 Å². The number of nitrogens with one attached hydrogen (secondary N) is 2. The Bertz CT molecular complexity index is 1050. The molecule has 1 aromatic heterocycles. The molecule has 0 aliphatic carbocycles. The number of allylic oxidation sites excluding steroid dienone is 2. The molecule has 26 heavy (non-hydrogen) atoms. The van der Waals surface area contributed by atoms with Crippen LogP contribution in [0.3, 0.4) is 0 Å². The first-order chi connectivity index (χ1) is 12.7. The zero-order chi connectivity index (χ0) is 17.7. The van der Waals surface area contributed by atoms with Crippen LogP contribution in [0.15, 0.2) is 54.6 Å². The largest absolute Gasteiger partial charge is 0.508 e. The van der Waals surface area contributed by atoms with Gasteiger partial charge in [-0.25, -0.2) is 0 Å². The minimum atomic E-state index is -0.231. The lowest BCUT2D eigenvalue weighted by atomic mass is 9.45. The zero-order valence-corrected chi connectivity index (χ0v) is 14.3. The van der Waals surface area contributed by atoms with Crippen molar-refractivity contribution in [2.24, 2.45) is 0 Å². The van der Waals surface area contributed by atoms with Crippen LogP contribution in [-0.2, 0) is 6.32 Å². The van der Waals surface area contributed by atoms with Crippen molar-refractivity contribution in [2.75, 3.05) is 0 Å². The summed E-state index contributed by atoms with van der Waals surface area (Å²) in [5.74, 6) is 0.107. The number of fused-ring (bicyclic) bond motifs is 2. The van der Waals surface area contributed by atoms with Crippen LogP contribution >= 0.6 is 0 Å². The normalized spacial score (nSPS) is 18.5. The highest BCUT2D eigenvalue weighted by molar-refractivity contribution is 6.60. The van der Waals surface area contributed by atoms with Crippen molar-refractivity contribution in [1.82, 2.24) is 10.3 Å². The Morgan fingerprint density at radius 2 is 1.92 bits per heavy atom. The molecule has 1 atom stereocenters. The molecule has 1 amide bonds. The van der Waals surface area contributed by atoms with Crippen LogP contribution in [0.5, 0.6) is 5.75 Å². The van der Waals surface area contributed by atoms with Gasteiger partial charge in [0, 0.05) is 27.7 Å². The van der Waals surface area contributed by atoms with Gasteiger partial charge in [0.05, 0.1) is 6.04 Å². The molecule has 1 unspecified atom stereocenters. The van der Waals surface area contributed by atoms with Crippen LogP contribution in [0.4, 0.5) is 0 Å². The number of hydrogen-bond acceptors (Lipinski definition) is 2. The summed E-state index contributed by atoms with van der Waals surface area (Å²) in [7, 11) is 0. The molecule has 4 nitrogen and oxygen atoms in total. The summed E-state index contributed by atoms with van der Waals surface area (Å²) in [6.07, 6.45) is 7.65. The first-order valence-electron chi connectivity index (χ1n) is 9.09. The van der Waals surface area contributed by atoms with Crippen molar-refractivity contribution >= 4 is 23.5 Å². The molecule has 0 fully saturated rings. The number of phenols is 1. The maximum absolute atomic E-state index is 12.5. The minimum absolute atomic E-state index is 0.0798. The Kier molecular flexibility index (Phi) is 3.42. The number of hydrogen-bond donors (Lipinski definition) is 3. The molecule has 0 spiro atoms. The fourth-order valence-electron chi connectivity index (χ4n) is 4.35. The number of rotatable bonds is 3. The highest BCUT2D eigenvalue weighted by atomic mass is 16.3. The van der Waals surface area contributed by atoms with Gasteiger partial charge in [-0.15, -0.1) is 0 Å². The van der Waals surface area contributed by atoms with E-state index in [2.05, 4.69) is 34.6 Å². The van der Waals surface area contributed by atoms with Crippen molar-refractivity contribution in [3.8, 4) is 5.75 Å². The van der Waals surface area contributed by atoms with Crippen LogP contribution in [0.25, 0.3) is 10.9 Å². The number of aromatic nitrogens is 1. The highest BCUT2D eigenvalue weighted by Crippen LogP contribution is 2.39. The zero-order valence-electron chi connectivity index (χ0n) is 14.3. The van der Waals surface area contributed by atoms with E-state index in [1.54, 1.807) is 18.2 Å². The third kappa shape index (κ3) is 2.35. The second-order valence-electron chi connectivity index (χ2n) is 7.25. The van der Waals surface area contributed by atoms with Gasteiger partial charge in [0.25, 0.3) is 5.91 Å². The van der Waals surface area contributed by atoms with Gasteiger partial charge in [-0.05, 0) is 36.1 Å². The van der Waals surface area contributed by atoms with Gasteiger partial charge in [0.2, 0.25) is 0 Å². The molecular weight excluding hydrogens is 323 g/mol. The van der Waals surface area contributed by atoms with Crippen molar-refractivity contribution in [2.45, 2.75) is 25.0 Å². The maximum Gasteiger partial charge on any atom is 0.252 e. The third-order valence-electron chi connectivity index (χ3n) is 5.58. The summed E-state index contributed by atoms with van der Waals surface area (Å²) in [6, 6.07) is 13.0. The molecule has 0 saturated carbocycles. The number of aromatic hydroxyl groups is 1. The van der Waals surface area contributed by atoms with E-state index in [0.29, 0.717) is 12.3 Å². The molecule has 5 heteroatoms. The number of carbonyl (C=O) groups is 1. The quantitative estimate of drug-likeness (QED) is 0.500. The maximum atomic E-state index is 12.5. The van der Waals surface area contributed by atoms with E-state index in [-0.39, 0.29) is 17.7 Å². The molecule has 3 aromatic rings. The van der Waals surface area contributed by atoms with Gasteiger partial charge in [-0.1, -0.05) is 43.0 Å². The Labute approximate surface area is 152 Å². The summed E-state index contributed by atoms with van der Waals surface area (Å²) >= 11 is 0. The molecule has 0 saturated heterocycles. The fourth-order valence-corrected chi connectivity index (χ4v) is 4.35. The number of carbonyl (C=O) groups excluding carboxylic acids is 1. The van der Waals surface area contributed by atoms with E-state index < -0.39 is 0 Å². The first-order valence-corrected chi connectivity index (χ1v) is 9.09. The van der Waals surface area contributed by atoms with Crippen LogP contribution in [0, 0.1) is 0 Å². The number of para-hydroxylation sites is 1. The lowest BCUT2D eigenvalue weighted by Crippen LogP contribution is -2.22. The van der Waals surface area contributed by atoms with Crippen molar-refractivity contribution in [3.63, 3.8) is 0 Å². The SMILES string of the molecule is O=C1NC(c2c(CB3CC=CC3)[nH]c3ccccc23)c2cc(O)ccc21. The summed E-state index contributed by atoms with van der Waals surface area (Å²) in [5, 5.41) is 14.2. The summed E-state index contributed by atoms with van der Waals surface area (Å²) in [6.45, 7) is 0.600. The van der Waals surface area contributed by atoms with Crippen molar-refractivity contribution in [3.05, 3.63) is 77.0 Å². The van der Waals surface area contributed by atoms with Gasteiger partial charge in [-0.3, -0.25) is 4.79 Å². The molecule has 2 aliphatic rings. The number of amides is 1.